The van der Waals surface area contributed by atoms with Crippen molar-refractivity contribution in [3.05, 3.63) is 40.9 Å². The fourth-order valence-electron chi connectivity index (χ4n) is 0.999. The number of hydrogen-bond acceptors (Lipinski definition) is 1. The summed E-state index contributed by atoms with van der Waals surface area (Å²) in [7, 11) is 0. The molecule has 0 heterocycles. The van der Waals surface area contributed by atoms with Gasteiger partial charge in [0.05, 0.1) is 0 Å². The van der Waals surface area contributed by atoms with Crippen LogP contribution in [0.1, 0.15) is 12.5 Å². The normalized spacial score (nSPS) is 10.4. The Labute approximate surface area is 88.6 Å². The summed E-state index contributed by atoms with van der Waals surface area (Å²) in [5.41, 5.74) is 0.958. The van der Waals surface area contributed by atoms with E-state index in [1.54, 1.807) is 0 Å². The summed E-state index contributed by atoms with van der Waals surface area (Å²) in [5.74, 6) is -0.0335. The minimum atomic E-state index is -0.0335. The number of carbonyl (C=O) groups is 1. The van der Waals surface area contributed by atoms with E-state index in [0.29, 0.717) is 11.6 Å². The molecule has 0 aliphatic rings. The first-order chi connectivity index (χ1) is 6.70. The number of nitrogens with one attached hydrogen (secondary N) is 1. The van der Waals surface area contributed by atoms with E-state index in [1.807, 2.05) is 36.4 Å². The Morgan fingerprint density at radius 2 is 2.21 bits per heavy atom. The third kappa shape index (κ3) is 3.62. The lowest BCUT2D eigenvalue weighted by molar-refractivity contribution is -0.118. The summed E-state index contributed by atoms with van der Waals surface area (Å²) < 4.78 is 0. The van der Waals surface area contributed by atoms with E-state index < -0.39 is 0 Å². The van der Waals surface area contributed by atoms with E-state index in [1.165, 1.54) is 6.92 Å². The van der Waals surface area contributed by atoms with E-state index in [-0.39, 0.29) is 5.91 Å². The highest BCUT2D eigenvalue weighted by Crippen LogP contribution is 2.15. The zero-order valence-electron chi connectivity index (χ0n) is 7.96. The summed E-state index contributed by atoms with van der Waals surface area (Å²) in [6.45, 7) is 2.02. The molecule has 1 rings (SSSR count). The highest BCUT2D eigenvalue weighted by molar-refractivity contribution is 6.32. The predicted octanol–water partition coefficient (Wildman–Crippen LogP) is 2.49. The van der Waals surface area contributed by atoms with Crippen LogP contribution in [-0.4, -0.2) is 12.5 Å². The van der Waals surface area contributed by atoms with Crippen LogP contribution in [0.5, 0.6) is 0 Å². The van der Waals surface area contributed by atoms with Crippen molar-refractivity contribution in [1.29, 1.82) is 0 Å². The SMILES string of the molecule is CC(=O)NC/C=C\c1ccccc1Cl. The molecule has 0 aliphatic heterocycles. The quantitative estimate of drug-likeness (QED) is 0.814. The molecular formula is C11H12ClNO. The number of halogens is 1. The average molecular weight is 210 g/mol. The zero-order chi connectivity index (χ0) is 10.4. The molecular weight excluding hydrogens is 198 g/mol. The van der Waals surface area contributed by atoms with Gasteiger partial charge in [0.25, 0.3) is 0 Å². The first kappa shape index (κ1) is 10.8. The molecule has 1 aromatic carbocycles. The van der Waals surface area contributed by atoms with Gasteiger partial charge >= 0.3 is 0 Å². The minimum Gasteiger partial charge on any atom is -0.353 e. The number of benzene rings is 1. The minimum absolute atomic E-state index is 0.0335. The van der Waals surface area contributed by atoms with Crippen LogP contribution in [-0.2, 0) is 4.79 Å². The second kappa shape index (κ2) is 5.45. The standard InChI is InChI=1S/C11H12ClNO/c1-9(14)13-8-4-6-10-5-2-3-7-11(10)12/h2-7H,8H2,1H3,(H,13,14)/b6-4-. The molecule has 0 aromatic heterocycles. The molecule has 0 radical (unpaired) electrons. The fraction of sp³-hybridized carbons (Fsp3) is 0.182. The first-order valence-corrected chi connectivity index (χ1v) is 4.73. The maximum Gasteiger partial charge on any atom is 0.217 e. The number of amides is 1. The Morgan fingerprint density at radius 1 is 1.50 bits per heavy atom. The third-order valence-electron chi connectivity index (χ3n) is 1.67. The van der Waals surface area contributed by atoms with Crippen molar-refractivity contribution < 1.29 is 4.79 Å². The van der Waals surface area contributed by atoms with Crippen LogP contribution < -0.4 is 5.32 Å². The van der Waals surface area contributed by atoms with Crippen LogP contribution in [0.15, 0.2) is 30.3 Å². The molecule has 1 N–H and O–H groups in total. The summed E-state index contributed by atoms with van der Waals surface area (Å²) >= 11 is 5.93. The van der Waals surface area contributed by atoms with Crippen LogP contribution in [0.3, 0.4) is 0 Å². The maximum atomic E-state index is 10.6. The lowest BCUT2D eigenvalue weighted by atomic mass is 10.2. The molecule has 74 valence electrons. The molecule has 0 bridgehead atoms. The van der Waals surface area contributed by atoms with Gasteiger partial charge in [0, 0.05) is 18.5 Å². The highest BCUT2D eigenvalue weighted by Gasteiger charge is 1.92. The van der Waals surface area contributed by atoms with Crippen molar-refractivity contribution in [1.82, 2.24) is 5.32 Å². The molecule has 1 aromatic rings. The van der Waals surface area contributed by atoms with E-state index in [0.717, 1.165) is 5.56 Å². The molecule has 0 unspecified atom stereocenters. The first-order valence-electron chi connectivity index (χ1n) is 4.35. The maximum absolute atomic E-state index is 10.6. The van der Waals surface area contributed by atoms with Crippen LogP contribution >= 0.6 is 11.6 Å². The zero-order valence-corrected chi connectivity index (χ0v) is 8.71. The smallest absolute Gasteiger partial charge is 0.217 e. The fourth-order valence-corrected chi connectivity index (χ4v) is 1.20. The van der Waals surface area contributed by atoms with Gasteiger partial charge in [-0.3, -0.25) is 4.79 Å². The summed E-state index contributed by atoms with van der Waals surface area (Å²) in [4.78, 5) is 10.6. The van der Waals surface area contributed by atoms with E-state index in [9.17, 15) is 4.79 Å². The summed E-state index contributed by atoms with van der Waals surface area (Å²) in [5, 5.41) is 3.38. The number of carbonyl (C=O) groups excluding carboxylic acids is 1. The Balaban J connectivity index is 2.52. The van der Waals surface area contributed by atoms with Gasteiger partial charge in [0.15, 0.2) is 0 Å². The molecule has 14 heavy (non-hydrogen) atoms. The van der Waals surface area contributed by atoms with Gasteiger partial charge in [0.1, 0.15) is 0 Å². The van der Waals surface area contributed by atoms with Gasteiger partial charge in [-0.05, 0) is 11.6 Å². The van der Waals surface area contributed by atoms with Crippen molar-refractivity contribution >= 4 is 23.6 Å². The van der Waals surface area contributed by atoms with Gasteiger partial charge in [0.2, 0.25) is 5.91 Å². The molecule has 2 nitrogen and oxygen atoms in total. The van der Waals surface area contributed by atoms with Crippen LogP contribution in [0.2, 0.25) is 5.02 Å². The third-order valence-corrected chi connectivity index (χ3v) is 2.02. The molecule has 0 spiro atoms. The van der Waals surface area contributed by atoms with Gasteiger partial charge in [-0.1, -0.05) is 42.0 Å². The topological polar surface area (TPSA) is 29.1 Å². The van der Waals surface area contributed by atoms with Gasteiger partial charge in [-0.25, -0.2) is 0 Å². The Hall–Kier alpha value is -1.28. The summed E-state index contributed by atoms with van der Waals surface area (Å²) in [6, 6.07) is 7.56. The van der Waals surface area contributed by atoms with Crippen molar-refractivity contribution in [3.8, 4) is 0 Å². The molecule has 0 saturated carbocycles. The molecule has 0 fully saturated rings. The largest absolute Gasteiger partial charge is 0.353 e. The van der Waals surface area contributed by atoms with Crippen molar-refractivity contribution in [2.75, 3.05) is 6.54 Å². The second-order valence-electron chi connectivity index (χ2n) is 2.86. The van der Waals surface area contributed by atoms with Crippen LogP contribution in [0, 0.1) is 0 Å². The van der Waals surface area contributed by atoms with Crippen LogP contribution in [0.4, 0.5) is 0 Å². The monoisotopic (exact) mass is 209 g/mol. The van der Waals surface area contributed by atoms with E-state index in [2.05, 4.69) is 5.32 Å². The lowest BCUT2D eigenvalue weighted by Crippen LogP contribution is -2.19. The van der Waals surface area contributed by atoms with Crippen molar-refractivity contribution in [2.24, 2.45) is 0 Å². The summed E-state index contributed by atoms with van der Waals surface area (Å²) in [6.07, 6.45) is 3.75. The van der Waals surface area contributed by atoms with Crippen LogP contribution in [0.25, 0.3) is 6.08 Å². The van der Waals surface area contributed by atoms with E-state index >= 15 is 0 Å². The average Bonchev–Trinajstić information content (AvgIpc) is 2.15. The molecule has 0 saturated heterocycles. The molecule has 1 amide bonds. The number of rotatable bonds is 3. The molecule has 3 heteroatoms. The predicted molar refractivity (Wildman–Crippen MR) is 59.2 cm³/mol. The second-order valence-corrected chi connectivity index (χ2v) is 3.27. The molecule has 0 atom stereocenters. The van der Waals surface area contributed by atoms with Gasteiger partial charge in [-0.2, -0.15) is 0 Å². The number of hydrogen-bond donors (Lipinski definition) is 1. The van der Waals surface area contributed by atoms with Gasteiger partial charge in [-0.15, -0.1) is 0 Å². The Bertz CT molecular complexity index is 347. The molecule has 0 aliphatic carbocycles. The Kier molecular flexibility index (Phi) is 4.20. The van der Waals surface area contributed by atoms with Crippen molar-refractivity contribution in [3.63, 3.8) is 0 Å². The Morgan fingerprint density at radius 3 is 2.86 bits per heavy atom. The van der Waals surface area contributed by atoms with Gasteiger partial charge < -0.3 is 5.32 Å². The van der Waals surface area contributed by atoms with E-state index in [4.69, 9.17) is 11.6 Å². The van der Waals surface area contributed by atoms with Crippen molar-refractivity contribution in [2.45, 2.75) is 6.92 Å². The lowest BCUT2D eigenvalue weighted by Gasteiger charge is -1.97. The highest BCUT2D eigenvalue weighted by atomic mass is 35.5.